The first-order chi connectivity index (χ1) is 10.2. The van der Waals surface area contributed by atoms with Crippen molar-refractivity contribution < 1.29 is 4.39 Å². The van der Waals surface area contributed by atoms with Crippen molar-refractivity contribution in [3.05, 3.63) is 76.8 Å². The van der Waals surface area contributed by atoms with Gasteiger partial charge in [-0.2, -0.15) is 0 Å². The molecule has 2 aromatic carbocycles. The highest BCUT2D eigenvalue weighted by Gasteiger charge is 2.19. The summed E-state index contributed by atoms with van der Waals surface area (Å²) in [6.07, 6.45) is 3.57. The van der Waals surface area contributed by atoms with Gasteiger partial charge in [-0.05, 0) is 24.1 Å². The van der Waals surface area contributed by atoms with Crippen LogP contribution in [0.2, 0.25) is 5.02 Å². The van der Waals surface area contributed by atoms with Crippen LogP contribution in [-0.4, -0.2) is 12.0 Å². The Morgan fingerprint density at radius 3 is 2.67 bits per heavy atom. The highest BCUT2D eigenvalue weighted by atomic mass is 35.5. The van der Waals surface area contributed by atoms with Gasteiger partial charge in [-0.3, -0.25) is 4.98 Å². The van der Waals surface area contributed by atoms with E-state index in [-0.39, 0.29) is 11.1 Å². The number of fused-ring (bicyclic) bond motifs is 1. The fraction of sp³-hybridized carbons (Fsp3) is 0.118. The molecule has 1 heterocycles. The quantitative estimate of drug-likeness (QED) is 0.778. The predicted molar refractivity (Wildman–Crippen MR) is 84.1 cm³/mol. The van der Waals surface area contributed by atoms with E-state index in [4.69, 9.17) is 11.6 Å². The number of pyridine rings is 1. The van der Waals surface area contributed by atoms with Crippen LogP contribution in [0.5, 0.6) is 0 Å². The highest BCUT2D eigenvalue weighted by molar-refractivity contribution is 6.30. The maximum atomic E-state index is 14.3. The second-order valence-electron chi connectivity index (χ2n) is 4.81. The lowest BCUT2D eigenvalue weighted by molar-refractivity contribution is 0.577. The number of benzene rings is 2. The van der Waals surface area contributed by atoms with E-state index in [1.54, 1.807) is 37.6 Å². The van der Waals surface area contributed by atoms with E-state index in [1.165, 1.54) is 0 Å². The standard InChI is InChI=1S/C17H14ClFN2/c1-20-17(13-7-4-8-15(18)16(13)19)14-10-21-9-11-5-2-3-6-12(11)14/h2-10,17,20H,1H3. The summed E-state index contributed by atoms with van der Waals surface area (Å²) in [6.45, 7) is 0. The molecule has 0 aliphatic carbocycles. The molecule has 0 amide bonds. The van der Waals surface area contributed by atoms with E-state index < -0.39 is 5.82 Å². The van der Waals surface area contributed by atoms with Gasteiger partial charge in [0, 0.05) is 23.3 Å². The van der Waals surface area contributed by atoms with Gasteiger partial charge in [0.1, 0.15) is 5.82 Å². The zero-order valence-corrected chi connectivity index (χ0v) is 12.2. The molecule has 0 fully saturated rings. The van der Waals surface area contributed by atoms with Crippen molar-refractivity contribution in [1.82, 2.24) is 10.3 Å². The SMILES string of the molecule is CNC(c1cccc(Cl)c1F)c1cncc2ccccc12. The first-order valence-corrected chi connectivity index (χ1v) is 7.04. The summed E-state index contributed by atoms with van der Waals surface area (Å²) >= 11 is 5.90. The molecule has 1 atom stereocenters. The Hall–Kier alpha value is -1.97. The van der Waals surface area contributed by atoms with Crippen LogP contribution in [0.4, 0.5) is 4.39 Å². The average Bonchev–Trinajstić information content (AvgIpc) is 2.52. The van der Waals surface area contributed by atoms with Crippen molar-refractivity contribution in [2.24, 2.45) is 0 Å². The van der Waals surface area contributed by atoms with Crippen LogP contribution in [0.3, 0.4) is 0 Å². The largest absolute Gasteiger partial charge is 0.309 e. The van der Waals surface area contributed by atoms with Crippen molar-refractivity contribution >= 4 is 22.4 Å². The van der Waals surface area contributed by atoms with Crippen molar-refractivity contribution in [3.63, 3.8) is 0 Å². The summed E-state index contributed by atoms with van der Waals surface area (Å²) in [4.78, 5) is 4.26. The first-order valence-electron chi connectivity index (χ1n) is 6.66. The number of nitrogens with one attached hydrogen (secondary N) is 1. The fourth-order valence-corrected chi connectivity index (χ4v) is 2.77. The van der Waals surface area contributed by atoms with Crippen LogP contribution >= 0.6 is 11.6 Å². The van der Waals surface area contributed by atoms with E-state index >= 15 is 0 Å². The van der Waals surface area contributed by atoms with Gasteiger partial charge in [0.2, 0.25) is 0 Å². The third kappa shape index (κ3) is 2.50. The van der Waals surface area contributed by atoms with Crippen molar-refractivity contribution in [1.29, 1.82) is 0 Å². The Balaban J connectivity index is 2.21. The monoisotopic (exact) mass is 300 g/mol. The van der Waals surface area contributed by atoms with E-state index in [0.29, 0.717) is 5.56 Å². The minimum atomic E-state index is -0.397. The topological polar surface area (TPSA) is 24.9 Å². The molecule has 0 radical (unpaired) electrons. The van der Waals surface area contributed by atoms with Gasteiger partial charge in [0.15, 0.2) is 0 Å². The second kappa shape index (κ2) is 5.80. The Kier molecular flexibility index (Phi) is 3.86. The number of rotatable bonds is 3. The number of hydrogen-bond acceptors (Lipinski definition) is 2. The van der Waals surface area contributed by atoms with E-state index in [9.17, 15) is 4.39 Å². The lowest BCUT2D eigenvalue weighted by atomic mass is 9.95. The van der Waals surface area contributed by atoms with Crippen LogP contribution in [-0.2, 0) is 0 Å². The minimum absolute atomic E-state index is 0.126. The van der Waals surface area contributed by atoms with Crippen molar-refractivity contribution in [2.75, 3.05) is 7.05 Å². The van der Waals surface area contributed by atoms with Gasteiger partial charge in [-0.25, -0.2) is 4.39 Å². The molecule has 106 valence electrons. The smallest absolute Gasteiger partial charge is 0.146 e. The Bertz CT molecular complexity index is 783. The summed E-state index contributed by atoms with van der Waals surface area (Å²) in [5.41, 5.74) is 1.44. The molecule has 1 aromatic heterocycles. The molecule has 0 saturated carbocycles. The summed E-state index contributed by atoms with van der Waals surface area (Å²) in [5, 5.41) is 5.36. The molecular weight excluding hydrogens is 287 g/mol. The molecule has 3 rings (SSSR count). The maximum absolute atomic E-state index is 14.3. The van der Waals surface area contributed by atoms with Crippen LogP contribution in [0, 0.1) is 5.82 Å². The molecule has 0 bridgehead atoms. The molecule has 0 aliphatic rings. The Morgan fingerprint density at radius 2 is 1.86 bits per heavy atom. The van der Waals surface area contributed by atoms with Crippen LogP contribution in [0.15, 0.2) is 54.9 Å². The van der Waals surface area contributed by atoms with Crippen molar-refractivity contribution in [2.45, 2.75) is 6.04 Å². The first kappa shape index (κ1) is 14.0. The zero-order chi connectivity index (χ0) is 14.8. The predicted octanol–water partition coefficient (Wildman–Crippen LogP) is 4.34. The molecule has 1 unspecified atom stereocenters. The Labute approximate surface area is 127 Å². The molecule has 0 saturated heterocycles. The summed E-state index contributed by atoms with van der Waals surface area (Å²) in [6, 6.07) is 12.7. The Morgan fingerprint density at radius 1 is 1.05 bits per heavy atom. The summed E-state index contributed by atoms with van der Waals surface area (Å²) in [5.74, 6) is -0.397. The third-order valence-electron chi connectivity index (χ3n) is 3.59. The van der Waals surface area contributed by atoms with Gasteiger partial charge in [-0.1, -0.05) is 48.0 Å². The molecule has 21 heavy (non-hydrogen) atoms. The second-order valence-corrected chi connectivity index (χ2v) is 5.22. The van der Waals surface area contributed by atoms with Gasteiger partial charge < -0.3 is 5.32 Å². The molecule has 1 N–H and O–H groups in total. The third-order valence-corrected chi connectivity index (χ3v) is 3.88. The zero-order valence-electron chi connectivity index (χ0n) is 11.5. The lowest BCUT2D eigenvalue weighted by Gasteiger charge is -2.19. The van der Waals surface area contributed by atoms with Gasteiger partial charge >= 0.3 is 0 Å². The van der Waals surface area contributed by atoms with Crippen LogP contribution in [0.25, 0.3) is 10.8 Å². The number of halogens is 2. The molecule has 0 aliphatic heterocycles. The normalized spacial score (nSPS) is 12.5. The van der Waals surface area contributed by atoms with Crippen LogP contribution in [0.1, 0.15) is 17.2 Å². The van der Waals surface area contributed by atoms with Gasteiger partial charge in [0.25, 0.3) is 0 Å². The number of hydrogen-bond donors (Lipinski definition) is 1. The van der Waals surface area contributed by atoms with Gasteiger partial charge in [-0.15, -0.1) is 0 Å². The fourth-order valence-electron chi connectivity index (χ4n) is 2.59. The maximum Gasteiger partial charge on any atom is 0.146 e. The lowest BCUT2D eigenvalue weighted by Crippen LogP contribution is -2.19. The molecule has 2 nitrogen and oxygen atoms in total. The number of nitrogens with zero attached hydrogens (tertiary/aromatic N) is 1. The molecule has 3 aromatic rings. The van der Waals surface area contributed by atoms with E-state index in [1.807, 2.05) is 24.3 Å². The summed E-state index contributed by atoms with van der Waals surface area (Å²) in [7, 11) is 1.80. The molecular formula is C17H14ClFN2. The van der Waals surface area contributed by atoms with E-state index in [0.717, 1.165) is 16.3 Å². The molecule has 4 heteroatoms. The summed E-state index contributed by atoms with van der Waals surface area (Å²) < 4.78 is 14.3. The van der Waals surface area contributed by atoms with Gasteiger partial charge in [0.05, 0.1) is 11.1 Å². The van der Waals surface area contributed by atoms with E-state index in [2.05, 4.69) is 10.3 Å². The minimum Gasteiger partial charge on any atom is -0.309 e. The van der Waals surface area contributed by atoms with Crippen LogP contribution < -0.4 is 5.32 Å². The van der Waals surface area contributed by atoms with Crippen molar-refractivity contribution in [3.8, 4) is 0 Å². The number of aromatic nitrogens is 1. The average molecular weight is 301 g/mol. The molecule has 0 spiro atoms. The highest BCUT2D eigenvalue weighted by Crippen LogP contribution is 2.31.